The molecule has 0 aliphatic rings. The second-order valence-corrected chi connectivity index (χ2v) is 7.27. The van der Waals surface area contributed by atoms with Crippen LogP contribution in [0.5, 0.6) is 0 Å². The standard InChI is InChI=1S/C22H28O2/c1-16(2)22(17(3)4,15-18-11-7-5-8-12-18)20(21(23)24)19-13-9-6-10-14-19/h5-14,16-17,20H,15H2,1-4H3,(H,23,24). The zero-order chi connectivity index (χ0) is 17.7. The van der Waals surface area contributed by atoms with E-state index in [-0.39, 0.29) is 17.3 Å². The second-order valence-electron chi connectivity index (χ2n) is 7.27. The highest BCUT2D eigenvalue weighted by Crippen LogP contribution is 2.50. The Morgan fingerprint density at radius 3 is 1.75 bits per heavy atom. The van der Waals surface area contributed by atoms with Crippen LogP contribution in [0.15, 0.2) is 60.7 Å². The van der Waals surface area contributed by atoms with Crippen molar-refractivity contribution in [3.63, 3.8) is 0 Å². The van der Waals surface area contributed by atoms with Crippen LogP contribution in [-0.4, -0.2) is 11.1 Å². The number of hydrogen-bond acceptors (Lipinski definition) is 1. The van der Waals surface area contributed by atoms with Crippen molar-refractivity contribution in [3.05, 3.63) is 71.8 Å². The highest BCUT2D eigenvalue weighted by atomic mass is 16.4. The van der Waals surface area contributed by atoms with Gasteiger partial charge in [-0.1, -0.05) is 88.4 Å². The Bertz CT molecular complexity index is 636. The number of carbonyl (C=O) groups is 1. The molecule has 2 nitrogen and oxygen atoms in total. The summed E-state index contributed by atoms with van der Waals surface area (Å²) < 4.78 is 0. The topological polar surface area (TPSA) is 37.3 Å². The van der Waals surface area contributed by atoms with E-state index in [1.807, 2.05) is 48.5 Å². The minimum absolute atomic E-state index is 0.235. The van der Waals surface area contributed by atoms with E-state index < -0.39 is 11.9 Å². The minimum atomic E-state index is -0.737. The number of carboxylic acid groups (broad SMARTS) is 1. The Hall–Kier alpha value is -2.09. The van der Waals surface area contributed by atoms with E-state index in [1.165, 1.54) is 5.56 Å². The van der Waals surface area contributed by atoms with E-state index in [0.29, 0.717) is 0 Å². The predicted octanol–water partition coefficient (Wildman–Crippen LogP) is 5.40. The number of carboxylic acids is 1. The first-order chi connectivity index (χ1) is 11.4. The van der Waals surface area contributed by atoms with Crippen LogP contribution in [0.2, 0.25) is 0 Å². The lowest BCUT2D eigenvalue weighted by molar-refractivity contribution is -0.145. The smallest absolute Gasteiger partial charge is 0.311 e. The SMILES string of the molecule is CC(C)C(Cc1ccccc1)(C(C)C)C(C(=O)O)c1ccccc1. The molecule has 0 amide bonds. The highest BCUT2D eigenvalue weighted by Gasteiger charge is 2.48. The van der Waals surface area contributed by atoms with Gasteiger partial charge in [0.25, 0.3) is 0 Å². The van der Waals surface area contributed by atoms with E-state index in [2.05, 4.69) is 39.8 Å². The van der Waals surface area contributed by atoms with Crippen LogP contribution in [0.4, 0.5) is 0 Å². The molecule has 1 unspecified atom stereocenters. The van der Waals surface area contributed by atoms with Gasteiger partial charge in [0.1, 0.15) is 0 Å². The summed E-state index contributed by atoms with van der Waals surface area (Å²) >= 11 is 0. The molecule has 1 N–H and O–H groups in total. The molecule has 128 valence electrons. The third kappa shape index (κ3) is 3.53. The first-order valence-corrected chi connectivity index (χ1v) is 8.71. The quantitative estimate of drug-likeness (QED) is 0.741. The van der Waals surface area contributed by atoms with Crippen LogP contribution in [0.25, 0.3) is 0 Å². The van der Waals surface area contributed by atoms with Crippen LogP contribution in [-0.2, 0) is 11.2 Å². The summed E-state index contributed by atoms with van der Waals surface area (Å²) in [6.45, 7) is 8.62. The van der Waals surface area contributed by atoms with Crippen molar-refractivity contribution in [1.29, 1.82) is 0 Å². The molecular weight excluding hydrogens is 296 g/mol. The zero-order valence-corrected chi connectivity index (χ0v) is 15.1. The van der Waals surface area contributed by atoms with E-state index in [0.717, 1.165) is 12.0 Å². The number of aliphatic carboxylic acids is 1. The number of rotatable bonds is 7. The molecule has 0 saturated carbocycles. The molecule has 0 heterocycles. The lowest BCUT2D eigenvalue weighted by atomic mass is 9.57. The Kier molecular flexibility index (Phi) is 5.82. The molecule has 0 spiro atoms. The Morgan fingerprint density at radius 2 is 1.33 bits per heavy atom. The average molecular weight is 324 g/mol. The zero-order valence-electron chi connectivity index (χ0n) is 15.1. The van der Waals surface area contributed by atoms with Crippen LogP contribution in [0, 0.1) is 17.3 Å². The monoisotopic (exact) mass is 324 g/mol. The fourth-order valence-electron chi connectivity index (χ4n) is 4.12. The van der Waals surface area contributed by atoms with Crippen LogP contribution in [0.1, 0.15) is 44.7 Å². The van der Waals surface area contributed by atoms with Gasteiger partial charge in [0.15, 0.2) is 0 Å². The molecule has 1 atom stereocenters. The van der Waals surface area contributed by atoms with Gasteiger partial charge < -0.3 is 5.11 Å². The van der Waals surface area contributed by atoms with Gasteiger partial charge in [-0.25, -0.2) is 0 Å². The summed E-state index contributed by atoms with van der Waals surface area (Å²) in [6, 6.07) is 19.9. The summed E-state index contributed by atoms with van der Waals surface area (Å²) in [6.07, 6.45) is 0.759. The number of hydrogen-bond donors (Lipinski definition) is 1. The summed E-state index contributed by atoms with van der Waals surface area (Å²) in [7, 11) is 0. The minimum Gasteiger partial charge on any atom is -0.481 e. The van der Waals surface area contributed by atoms with Crippen molar-refractivity contribution in [2.45, 2.75) is 40.0 Å². The van der Waals surface area contributed by atoms with E-state index in [1.54, 1.807) is 0 Å². The lowest BCUT2D eigenvalue weighted by Gasteiger charge is -2.46. The molecule has 2 heteroatoms. The molecule has 0 aliphatic heterocycles. The van der Waals surface area contributed by atoms with Gasteiger partial charge in [-0.3, -0.25) is 4.79 Å². The molecule has 0 saturated heterocycles. The van der Waals surface area contributed by atoms with Crippen molar-refractivity contribution in [2.75, 3.05) is 0 Å². The van der Waals surface area contributed by atoms with Crippen molar-refractivity contribution >= 4 is 5.97 Å². The molecule has 2 aromatic carbocycles. The summed E-state index contributed by atoms with van der Waals surface area (Å²) in [4.78, 5) is 12.3. The van der Waals surface area contributed by atoms with E-state index in [4.69, 9.17) is 0 Å². The normalized spacial score (nSPS) is 13.2. The molecule has 0 fully saturated rings. The average Bonchev–Trinajstić information content (AvgIpc) is 2.55. The van der Waals surface area contributed by atoms with E-state index >= 15 is 0 Å². The van der Waals surface area contributed by atoms with Crippen LogP contribution >= 0.6 is 0 Å². The molecule has 0 aromatic heterocycles. The van der Waals surface area contributed by atoms with Gasteiger partial charge in [0.05, 0.1) is 5.92 Å². The fraction of sp³-hybridized carbons (Fsp3) is 0.409. The third-order valence-electron chi connectivity index (χ3n) is 5.42. The highest BCUT2D eigenvalue weighted by molar-refractivity contribution is 5.77. The molecule has 0 radical (unpaired) electrons. The van der Waals surface area contributed by atoms with Crippen molar-refractivity contribution in [3.8, 4) is 0 Å². The van der Waals surface area contributed by atoms with Gasteiger partial charge in [0, 0.05) is 0 Å². The molecule has 2 aromatic rings. The van der Waals surface area contributed by atoms with Crippen LogP contribution < -0.4 is 0 Å². The Balaban J connectivity index is 2.60. The van der Waals surface area contributed by atoms with E-state index in [9.17, 15) is 9.90 Å². The molecular formula is C22H28O2. The molecule has 0 aliphatic carbocycles. The first kappa shape index (κ1) is 18.3. The maximum atomic E-state index is 12.3. The number of benzene rings is 2. The maximum absolute atomic E-state index is 12.3. The van der Waals surface area contributed by atoms with Gasteiger partial charge in [-0.15, -0.1) is 0 Å². The maximum Gasteiger partial charge on any atom is 0.311 e. The fourth-order valence-corrected chi connectivity index (χ4v) is 4.12. The Labute approximate surface area is 145 Å². The third-order valence-corrected chi connectivity index (χ3v) is 5.42. The van der Waals surface area contributed by atoms with Gasteiger partial charge >= 0.3 is 5.97 Å². The van der Waals surface area contributed by atoms with Crippen molar-refractivity contribution < 1.29 is 9.90 Å². The summed E-state index contributed by atoms with van der Waals surface area (Å²) in [5.74, 6) is -0.795. The van der Waals surface area contributed by atoms with Gasteiger partial charge in [-0.05, 0) is 34.8 Å². The molecule has 0 bridgehead atoms. The molecule has 24 heavy (non-hydrogen) atoms. The van der Waals surface area contributed by atoms with Crippen molar-refractivity contribution in [2.24, 2.45) is 17.3 Å². The van der Waals surface area contributed by atoms with Crippen LogP contribution in [0.3, 0.4) is 0 Å². The van der Waals surface area contributed by atoms with Gasteiger partial charge in [0.2, 0.25) is 0 Å². The van der Waals surface area contributed by atoms with Crippen molar-refractivity contribution in [1.82, 2.24) is 0 Å². The summed E-state index contributed by atoms with van der Waals surface area (Å²) in [5.41, 5.74) is 1.74. The largest absolute Gasteiger partial charge is 0.481 e. The lowest BCUT2D eigenvalue weighted by Crippen LogP contribution is -2.44. The van der Waals surface area contributed by atoms with Gasteiger partial charge in [-0.2, -0.15) is 0 Å². The summed E-state index contributed by atoms with van der Waals surface area (Å²) in [5, 5.41) is 10.1. The predicted molar refractivity (Wildman–Crippen MR) is 99.1 cm³/mol. The second kappa shape index (κ2) is 7.65. The molecule has 2 rings (SSSR count). The first-order valence-electron chi connectivity index (χ1n) is 8.71. The Morgan fingerprint density at radius 1 is 0.875 bits per heavy atom.